The number of hydrogen-bond acceptors (Lipinski definition) is 4. The van der Waals surface area contributed by atoms with E-state index >= 15 is 0 Å². The first-order chi connectivity index (χ1) is 15.0. The van der Waals surface area contributed by atoms with Crippen molar-refractivity contribution in [1.29, 1.82) is 0 Å². The molecule has 1 N–H and O–H groups in total. The molecule has 2 aromatic carbocycles. The summed E-state index contributed by atoms with van der Waals surface area (Å²) in [5.74, 6) is -1.53. The summed E-state index contributed by atoms with van der Waals surface area (Å²) in [5.41, 5.74) is 2.26. The van der Waals surface area contributed by atoms with E-state index < -0.39 is 40.2 Å². The summed E-state index contributed by atoms with van der Waals surface area (Å²) in [6.45, 7) is 6.61. The molecule has 0 radical (unpaired) electrons. The molecule has 0 bridgehead atoms. The van der Waals surface area contributed by atoms with Crippen LogP contribution in [-0.4, -0.2) is 50.5 Å². The maximum Gasteiger partial charge on any atom is 0.244 e. The smallest absolute Gasteiger partial charge is 0.244 e. The van der Waals surface area contributed by atoms with Gasteiger partial charge in [-0.2, -0.15) is 0 Å². The van der Waals surface area contributed by atoms with Crippen molar-refractivity contribution in [2.45, 2.75) is 40.3 Å². The van der Waals surface area contributed by atoms with Crippen molar-refractivity contribution in [3.05, 3.63) is 65.0 Å². The van der Waals surface area contributed by atoms with Crippen molar-refractivity contribution in [1.82, 2.24) is 10.2 Å². The molecule has 0 aliphatic rings. The third-order valence-electron chi connectivity index (χ3n) is 5.12. The van der Waals surface area contributed by atoms with Gasteiger partial charge in [0.25, 0.3) is 0 Å². The van der Waals surface area contributed by atoms with Crippen LogP contribution in [0.4, 0.5) is 10.1 Å². The van der Waals surface area contributed by atoms with Crippen LogP contribution in [0.2, 0.25) is 0 Å². The van der Waals surface area contributed by atoms with Crippen molar-refractivity contribution >= 4 is 27.5 Å². The van der Waals surface area contributed by atoms with Crippen molar-refractivity contribution in [3.8, 4) is 0 Å². The molecule has 0 saturated heterocycles. The summed E-state index contributed by atoms with van der Waals surface area (Å²) >= 11 is 0. The Balaban J connectivity index is 2.43. The molecule has 0 spiro atoms. The first-order valence-electron chi connectivity index (χ1n) is 10.3. The minimum Gasteiger partial charge on any atom is -0.355 e. The number of aryl methyl sites for hydroxylation is 2. The second kappa shape index (κ2) is 10.6. The van der Waals surface area contributed by atoms with Crippen LogP contribution in [0.15, 0.2) is 42.5 Å². The standard InChI is InChI=1S/C23H30FN3O4S/c1-6-25-23(29)18(4)26(14-19-9-7-8-10-20(19)24)22(28)15-27(32(5,30)31)21-12-11-16(2)13-17(21)3/h7-13,18H,6,14-15H2,1-5H3,(H,25,29)/t18-/m1/s1. The first kappa shape index (κ1) is 25.3. The summed E-state index contributed by atoms with van der Waals surface area (Å²) in [5, 5.41) is 2.65. The highest BCUT2D eigenvalue weighted by Gasteiger charge is 2.30. The van der Waals surface area contributed by atoms with E-state index in [1.165, 1.54) is 30.0 Å². The van der Waals surface area contributed by atoms with E-state index in [9.17, 15) is 22.4 Å². The fourth-order valence-electron chi connectivity index (χ4n) is 3.39. The number of amides is 2. The Morgan fingerprint density at radius 3 is 2.34 bits per heavy atom. The molecule has 0 fully saturated rings. The molecule has 0 aromatic heterocycles. The van der Waals surface area contributed by atoms with Gasteiger partial charge in [-0.25, -0.2) is 12.8 Å². The minimum absolute atomic E-state index is 0.172. The van der Waals surface area contributed by atoms with Crippen molar-refractivity contribution < 1.29 is 22.4 Å². The van der Waals surface area contributed by atoms with Crippen LogP contribution in [0.5, 0.6) is 0 Å². The summed E-state index contributed by atoms with van der Waals surface area (Å²) in [4.78, 5) is 27.0. The van der Waals surface area contributed by atoms with Gasteiger partial charge in [0.05, 0.1) is 11.9 Å². The summed E-state index contributed by atoms with van der Waals surface area (Å²) < 4.78 is 40.4. The van der Waals surface area contributed by atoms with Gasteiger partial charge in [-0.3, -0.25) is 13.9 Å². The maximum atomic E-state index is 14.3. The van der Waals surface area contributed by atoms with Crippen LogP contribution < -0.4 is 9.62 Å². The Hall–Kier alpha value is -2.94. The van der Waals surface area contributed by atoms with Gasteiger partial charge in [0.1, 0.15) is 18.4 Å². The highest BCUT2D eigenvalue weighted by atomic mass is 32.2. The summed E-state index contributed by atoms with van der Waals surface area (Å²) in [6.07, 6.45) is 1.02. The van der Waals surface area contributed by atoms with E-state index in [0.29, 0.717) is 17.8 Å². The van der Waals surface area contributed by atoms with Gasteiger partial charge in [0.2, 0.25) is 21.8 Å². The Morgan fingerprint density at radius 2 is 1.78 bits per heavy atom. The number of nitrogens with zero attached hydrogens (tertiary/aromatic N) is 2. The van der Waals surface area contributed by atoms with Crippen LogP contribution in [0.3, 0.4) is 0 Å². The third kappa shape index (κ3) is 6.29. The van der Waals surface area contributed by atoms with Crippen LogP contribution in [0, 0.1) is 19.7 Å². The zero-order valence-electron chi connectivity index (χ0n) is 19.1. The molecule has 32 heavy (non-hydrogen) atoms. The molecular formula is C23H30FN3O4S. The highest BCUT2D eigenvalue weighted by Crippen LogP contribution is 2.24. The van der Waals surface area contributed by atoms with Gasteiger partial charge in [-0.15, -0.1) is 0 Å². The van der Waals surface area contributed by atoms with Gasteiger partial charge in [-0.05, 0) is 45.4 Å². The Morgan fingerprint density at radius 1 is 1.12 bits per heavy atom. The number of benzene rings is 2. The average molecular weight is 464 g/mol. The van der Waals surface area contributed by atoms with Crippen LogP contribution >= 0.6 is 0 Å². The maximum absolute atomic E-state index is 14.3. The van der Waals surface area contributed by atoms with Crippen LogP contribution in [-0.2, 0) is 26.2 Å². The molecule has 7 nitrogen and oxygen atoms in total. The Labute approximate surface area is 189 Å². The molecular weight excluding hydrogens is 433 g/mol. The SMILES string of the molecule is CCNC(=O)[C@@H](C)N(Cc1ccccc1F)C(=O)CN(c1ccc(C)cc1C)S(C)(=O)=O. The third-order valence-corrected chi connectivity index (χ3v) is 6.24. The minimum atomic E-state index is -3.81. The van der Waals surface area contributed by atoms with E-state index in [2.05, 4.69) is 5.32 Å². The van der Waals surface area contributed by atoms with Gasteiger partial charge < -0.3 is 10.2 Å². The number of hydrogen-bond donors (Lipinski definition) is 1. The zero-order chi connectivity index (χ0) is 24.1. The van der Waals surface area contributed by atoms with Gasteiger partial charge in [0.15, 0.2) is 0 Å². The molecule has 2 aromatic rings. The average Bonchev–Trinajstić information content (AvgIpc) is 2.70. The van der Waals surface area contributed by atoms with Gasteiger partial charge in [0, 0.05) is 18.7 Å². The number of anilines is 1. The monoisotopic (exact) mass is 463 g/mol. The normalized spacial score (nSPS) is 12.2. The number of likely N-dealkylation sites (N-methyl/N-ethyl adjacent to an activating group) is 1. The first-order valence-corrected chi connectivity index (χ1v) is 12.2. The molecule has 0 aliphatic heterocycles. The number of sulfonamides is 1. The lowest BCUT2D eigenvalue weighted by molar-refractivity contribution is -0.139. The summed E-state index contributed by atoms with van der Waals surface area (Å²) in [6, 6.07) is 10.3. The largest absolute Gasteiger partial charge is 0.355 e. The van der Waals surface area contributed by atoms with E-state index in [0.717, 1.165) is 16.1 Å². The van der Waals surface area contributed by atoms with Crippen LogP contribution in [0.1, 0.15) is 30.5 Å². The number of carbonyl (C=O) groups is 2. The molecule has 9 heteroatoms. The lowest BCUT2D eigenvalue weighted by Crippen LogP contribution is -2.51. The number of carbonyl (C=O) groups excluding carboxylic acids is 2. The topological polar surface area (TPSA) is 86.8 Å². The van der Waals surface area contributed by atoms with Gasteiger partial charge >= 0.3 is 0 Å². The quantitative estimate of drug-likeness (QED) is 0.620. The molecule has 174 valence electrons. The van der Waals surface area contributed by atoms with E-state index in [1.54, 1.807) is 32.0 Å². The molecule has 0 unspecified atom stereocenters. The molecule has 2 amide bonds. The lowest BCUT2D eigenvalue weighted by Gasteiger charge is -2.32. The van der Waals surface area contributed by atoms with E-state index in [1.807, 2.05) is 13.0 Å². The highest BCUT2D eigenvalue weighted by molar-refractivity contribution is 7.92. The number of halogens is 1. The molecule has 0 heterocycles. The number of rotatable bonds is 9. The van der Waals surface area contributed by atoms with Crippen molar-refractivity contribution in [3.63, 3.8) is 0 Å². The second-order valence-electron chi connectivity index (χ2n) is 7.74. The van der Waals surface area contributed by atoms with E-state index in [-0.39, 0.29) is 12.1 Å². The van der Waals surface area contributed by atoms with Crippen molar-refractivity contribution in [2.24, 2.45) is 0 Å². The fraction of sp³-hybridized carbons (Fsp3) is 0.391. The molecule has 0 aliphatic carbocycles. The second-order valence-corrected chi connectivity index (χ2v) is 9.65. The molecule has 1 atom stereocenters. The fourth-order valence-corrected chi connectivity index (χ4v) is 4.30. The lowest BCUT2D eigenvalue weighted by atomic mass is 10.1. The molecule has 0 saturated carbocycles. The van der Waals surface area contributed by atoms with E-state index in [4.69, 9.17) is 0 Å². The zero-order valence-corrected chi connectivity index (χ0v) is 19.9. The van der Waals surface area contributed by atoms with Crippen LogP contribution in [0.25, 0.3) is 0 Å². The molecule has 2 rings (SSSR count). The van der Waals surface area contributed by atoms with Crippen molar-refractivity contribution in [2.75, 3.05) is 23.7 Å². The number of nitrogens with one attached hydrogen (secondary N) is 1. The van der Waals surface area contributed by atoms with Gasteiger partial charge in [-0.1, -0.05) is 35.9 Å². The predicted molar refractivity (Wildman–Crippen MR) is 123 cm³/mol. The Kier molecular flexibility index (Phi) is 8.38. The summed E-state index contributed by atoms with van der Waals surface area (Å²) in [7, 11) is -3.81. The predicted octanol–water partition coefficient (Wildman–Crippen LogP) is 2.76. The Bertz CT molecular complexity index is 1090.